The van der Waals surface area contributed by atoms with E-state index in [1.165, 1.54) is 11.1 Å². The Bertz CT molecular complexity index is 3900. The number of benzene rings is 7. The zero-order chi connectivity index (χ0) is 51.8. The highest BCUT2D eigenvalue weighted by atomic mass is 32.1. The quantitative estimate of drug-likeness (QED) is 0.167. The summed E-state index contributed by atoms with van der Waals surface area (Å²) in [4.78, 5) is 9.66. The van der Waals surface area contributed by atoms with Crippen LogP contribution in [0.3, 0.4) is 0 Å². The summed E-state index contributed by atoms with van der Waals surface area (Å²) in [6, 6.07) is 38.2. The van der Waals surface area contributed by atoms with Gasteiger partial charge < -0.3 is 14.5 Å². The Hall–Kier alpha value is -6.89. The van der Waals surface area contributed by atoms with Gasteiger partial charge in [-0.25, -0.2) is 4.98 Å². The third kappa shape index (κ3) is 7.38. The fraction of sp³-hybridized carbons (Fsp3) is 0.217. The monoisotopic (exact) mass is 887 g/mol. The Kier molecular flexibility index (Phi) is 8.02. The Morgan fingerprint density at radius 3 is 1.97 bits per heavy atom. The molecule has 4 heterocycles. The van der Waals surface area contributed by atoms with Gasteiger partial charge in [0.05, 0.1) is 32.0 Å². The second-order valence-electron chi connectivity index (χ2n) is 20.5. The van der Waals surface area contributed by atoms with E-state index in [2.05, 4.69) is 137 Å². The molecule has 328 valence electrons. The predicted octanol–water partition coefficient (Wildman–Crippen LogP) is 17.1. The van der Waals surface area contributed by atoms with Crippen LogP contribution in [0.4, 0.5) is 22.7 Å². The van der Waals surface area contributed by atoms with Gasteiger partial charge in [-0.1, -0.05) is 123 Å². The Balaban J connectivity index is 1.01. The van der Waals surface area contributed by atoms with Crippen molar-refractivity contribution in [2.45, 2.75) is 78.6 Å². The van der Waals surface area contributed by atoms with Crippen molar-refractivity contribution in [1.82, 2.24) is 9.55 Å². The summed E-state index contributed by atoms with van der Waals surface area (Å²) in [5.74, 6) is 2.03. The lowest BCUT2D eigenvalue weighted by molar-refractivity contribution is 0.483. The maximum Gasteiger partial charge on any atom is 0.137 e. The topological polar surface area (TPSA) is 33.5 Å². The lowest BCUT2D eigenvalue weighted by Crippen LogP contribution is -2.25. The number of hydrogen-bond donors (Lipinski definition) is 0. The van der Waals surface area contributed by atoms with Crippen LogP contribution in [0, 0.1) is 0 Å². The SMILES string of the molecule is [2H]c1c([2H])c([2H])c2c(sc3c([2H])c(-c4ccc5c(c4)c4ccc(Oc6cccc(N7CN(c8cc(C(C)(C)C)cc(C(C)(C)C)c8)c8ccccc87)c6)cc4n5-c4cc(C(C)(C)C)ccn4)c([2H])c([2H])c32)c1[2H]. The van der Waals surface area contributed by atoms with Crippen molar-refractivity contribution in [3.05, 3.63) is 180 Å². The molecule has 7 aromatic carbocycles. The van der Waals surface area contributed by atoms with Gasteiger partial charge in [0, 0.05) is 60.6 Å². The van der Waals surface area contributed by atoms with E-state index in [-0.39, 0.29) is 73.5 Å². The van der Waals surface area contributed by atoms with Gasteiger partial charge >= 0.3 is 0 Å². The van der Waals surface area contributed by atoms with Crippen LogP contribution in [0.5, 0.6) is 11.5 Å². The molecule has 0 N–H and O–H groups in total. The van der Waals surface area contributed by atoms with Crippen LogP contribution in [0.15, 0.2) is 164 Å². The number of rotatable bonds is 6. The minimum Gasteiger partial charge on any atom is -0.457 e. The van der Waals surface area contributed by atoms with E-state index in [0.29, 0.717) is 28.4 Å². The van der Waals surface area contributed by atoms with Crippen molar-refractivity contribution in [3.8, 4) is 28.4 Å². The summed E-state index contributed by atoms with van der Waals surface area (Å²) in [6.45, 7) is 20.8. The number of nitrogens with zero attached hydrogens (tertiary/aromatic N) is 4. The molecule has 1 aliphatic heterocycles. The summed E-state index contributed by atoms with van der Waals surface area (Å²) in [6.07, 6.45) is 1.84. The van der Waals surface area contributed by atoms with Crippen LogP contribution >= 0.6 is 11.3 Å². The minimum absolute atomic E-state index is 0.00384. The summed E-state index contributed by atoms with van der Waals surface area (Å²) >= 11 is 1.07. The number of thiophene rings is 1. The molecule has 66 heavy (non-hydrogen) atoms. The van der Waals surface area contributed by atoms with Crippen LogP contribution in [0.1, 0.15) is 88.6 Å². The highest BCUT2D eigenvalue weighted by Gasteiger charge is 2.30. The van der Waals surface area contributed by atoms with Crippen molar-refractivity contribution in [1.29, 1.82) is 0 Å². The largest absolute Gasteiger partial charge is 0.457 e. The van der Waals surface area contributed by atoms with Gasteiger partial charge in [-0.15, -0.1) is 11.3 Å². The zero-order valence-electron chi connectivity index (χ0n) is 45.9. The first-order chi connectivity index (χ1) is 34.5. The maximum absolute atomic E-state index is 9.49. The molecule has 0 radical (unpaired) electrons. The van der Waals surface area contributed by atoms with E-state index < -0.39 is 6.04 Å². The summed E-state index contributed by atoms with van der Waals surface area (Å²) < 4.78 is 71.4. The second-order valence-corrected chi connectivity index (χ2v) is 21.5. The summed E-state index contributed by atoms with van der Waals surface area (Å²) in [5, 5.41) is 2.13. The fourth-order valence-electron chi connectivity index (χ4n) is 9.06. The molecule has 0 unspecified atom stereocenters. The molecule has 6 heteroatoms. The van der Waals surface area contributed by atoms with Crippen LogP contribution in [-0.2, 0) is 16.2 Å². The van der Waals surface area contributed by atoms with E-state index in [1.54, 1.807) is 0 Å². The van der Waals surface area contributed by atoms with Crippen molar-refractivity contribution in [2.24, 2.45) is 0 Å². The van der Waals surface area contributed by atoms with E-state index in [0.717, 1.165) is 67.3 Å². The van der Waals surface area contributed by atoms with Gasteiger partial charge in [0.2, 0.25) is 0 Å². The highest BCUT2D eigenvalue weighted by molar-refractivity contribution is 7.25. The molecule has 5 nitrogen and oxygen atoms in total. The van der Waals surface area contributed by atoms with E-state index in [9.17, 15) is 4.11 Å². The van der Waals surface area contributed by atoms with Gasteiger partial charge in [-0.2, -0.15) is 0 Å². The number of aromatic nitrogens is 2. The maximum atomic E-state index is 9.49. The summed E-state index contributed by atoms with van der Waals surface area (Å²) in [5.41, 5.74) is 10.5. The lowest BCUT2D eigenvalue weighted by atomic mass is 9.80. The first kappa shape index (κ1) is 34.5. The van der Waals surface area contributed by atoms with Crippen molar-refractivity contribution >= 4 is 76.1 Å². The molecule has 0 amide bonds. The molecule has 0 atom stereocenters. The molecule has 0 fully saturated rings. The second kappa shape index (κ2) is 15.4. The molecule has 0 spiro atoms. The zero-order valence-corrected chi connectivity index (χ0v) is 39.7. The third-order valence-electron chi connectivity index (χ3n) is 12.8. The first-order valence-electron chi connectivity index (χ1n) is 26.1. The molecule has 0 saturated heterocycles. The highest BCUT2D eigenvalue weighted by Crippen LogP contribution is 2.47. The van der Waals surface area contributed by atoms with Gasteiger partial charge in [0.1, 0.15) is 24.0 Å². The van der Waals surface area contributed by atoms with E-state index >= 15 is 0 Å². The molecule has 0 bridgehead atoms. The van der Waals surface area contributed by atoms with Gasteiger partial charge in [-0.05, 0) is 129 Å². The molecule has 3 aromatic heterocycles. The number of hydrogen-bond acceptors (Lipinski definition) is 5. The van der Waals surface area contributed by atoms with Crippen LogP contribution in [0.2, 0.25) is 0 Å². The number of fused-ring (bicyclic) bond motifs is 7. The van der Waals surface area contributed by atoms with Gasteiger partial charge in [-0.3, -0.25) is 4.57 Å². The molecule has 10 aromatic rings. The smallest absolute Gasteiger partial charge is 0.137 e. The van der Waals surface area contributed by atoms with Gasteiger partial charge in [0.25, 0.3) is 0 Å². The number of ether oxygens (including phenoxy) is 1. The van der Waals surface area contributed by atoms with Crippen molar-refractivity contribution < 1.29 is 14.3 Å². The minimum atomic E-state index is -0.404. The Morgan fingerprint density at radius 1 is 0.530 bits per heavy atom. The van der Waals surface area contributed by atoms with Gasteiger partial charge in [0.15, 0.2) is 0 Å². The number of pyridine rings is 1. The van der Waals surface area contributed by atoms with Crippen LogP contribution < -0.4 is 14.5 Å². The molecular weight excluding hydrogens is 825 g/mol. The molecule has 0 aliphatic carbocycles. The lowest BCUT2D eigenvalue weighted by Gasteiger charge is -2.29. The van der Waals surface area contributed by atoms with Crippen LogP contribution in [0.25, 0.3) is 58.9 Å². The van der Waals surface area contributed by atoms with Crippen LogP contribution in [-0.4, -0.2) is 16.2 Å². The summed E-state index contributed by atoms with van der Waals surface area (Å²) in [7, 11) is 0. The van der Waals surface area contributed by atoms with Crippen molar-refractivity contribution in [2.75, 3.05) is 16.5 Å². The fourth-order valence-corrected chi connectivity index (χ4v) is 10.0. The average molecular weight is 888 g/mol. The Labute approximate surface area is 402 Å². The molecule has 11 rings (SSSR count). The third-order valence-corrected chi connectivity index (χ3v) is 13.8. The number of para-hydroxylation sites is 2. The standard InChI is InChI=1S/C60H56N4OS/c1-58(2,3)40-27-28-61-57(34-40)64-51-26-22-38(39-21-24-49-48-17-10-13-20-55(48)66-56(49)30-39)29-50(51)47-25-23-46(36-54(47)64)65-45-16-14-15-43(35-45)62-37-63(53-19-12-11-18-52(53)62)44-32-41(59(4,5)6)31-42(33-44)60(7,8)9/h10-36H,37H2,1-9H3/i10D,13D,17D,20D,21D,24D,30D. The predicted molar refractivity (Wildman–Crippen MR) is 282 cm³/mol. The van der Waals surface area contributed by atoms with Crippen molar-refractivity contribution in [3.63, 3.8) is 0 Å². The Morgan fingerprint density at radius 2 is 1.23 bits per heavy atom. The van der Waals surface area contributed by atoms with E-state index in [1.807, 2.05) is 60.8 Å². The molecule has 0 saturated carbocycles. The normalized spacial score (nSPS) is 14.9. The number of anilines is 4. The molecular formula is C60H56N4OS. The first-order valence-corrected chi connectivity index (χ1v) is 23.4. The van der Waals surface area contributed by atoms with E-state index in [4.69, 9.17) is 15.2 Å². The molecule has 1 aliphatic rings. The average Bonchev–Trinajstić information content (AvgIpc) is 4.04.